The average Bonchev–Trinajstić information content (AvgIpc) is 3.02. The Morgan fingerprint density at radius 2 is 1.87 bits per heavy atom. The summed E-state index contributed by atoms with van der Waals surface area (Å²) in [5.74, 6) is -0.229. The van der Waals surface area contributed by atoms with E-state index in [1.54, 1.807) is 12.1 Å². The number of aromatic nitrogens is 3. The number of hydrogen-bond acceptors (Lipinski definition) is 3. The van der Waals surface area contributed by atoms with Gasteiger partial charge < -0.3 is 5.32 Å². The molecule has 3 aromatic rings. The molecule has 0 unspecified atom stereocenters. The third kappa shape index (κ3) is 3.40. The molecular formula is C17H15ClN4O. The van der Waals surface area contributed by atoms with E-state index in [2.05, 4.69) is 15.4 Å². The van der Waals surface area contributed by atoms with Crippen molar-refractivity contribution >= 4 is 23.2 Å². The number of aryl methyl sites for hydroxylation is 2. The zero-order valence-electron chi connectivity index (χ0n) is 12.7. The van der Waals surface area contributed by atoms with Gasteiger partial charge in [0, 0.05) is 10.7 Å². The molecule has 0 atom stereocenters. The summed E-state index contributed by atoms with van der Waals surface area (Å²) in [6.45, 7) is 3.91. The fourth-order valence-corrected chi connectivity index (χ4v) is 2.26. The zero-order chi connectivity index (χ0) is 16.4. The minimum Gasteiger partial charge on any atom is -0.319 e. The Labute approximate surface area is 138 Å². The molecule has 0 spiro atoms. The van der Waals surface area contributed by atoms with E-state index in [9.17, 15) is 4.79 Å². The molecule has 116 valence electrons. The zero-order valence-corrected chi connectivity index (χ0v) is 13.5. The van der Waals surface area contributed by atoms with Crippen molar-refractivity contribution in [1.82, 2.24) is 14.8 Å². The summed E-state index contributed by atoms with van der Waals surface area (Å²) in [7, 11) is 0. The van der Waals surface area contributed by atoms with E-state index in [0.29, 0.717) is 5.02 Å². The van der Waals surface area contributed by atoms with Gasteiger partial charge in [0.2, 0.25) is 5.82 Å². The molecule has 6 heteroatoms. The lowest BCUT2D eigenvalue weighted by Crippen LogP contribution is -2.15. The first-order valence-electron chi connectivity index (χ1n) is 7.09. The first kappa shape index (κ1) is 15.2. The summed E-state index contributed by atoms with van der Waals surface area (Å²) in [6.07, 6.45) is 1.50. The second-order valence-corrected chi connectivity index (χ2v) is 5.70. The number of halogens is 1. The van der Waals surface area contributed by atoms with Crippen LogP contribution in [-0.2, 0) is 0 Å². The minimum atomic E-state index is -0.341. The highest BCUT2D eigenvalue weighted by Gasteiger charge is 2.13. The molecule has 0 fully saturated rings. The van der Waals surface area contributed by atoms with Crippen molar-refractivity contribution < 1.29 is 4.79 Å². The van der Waals surface area contributed by atoms with Crippen LogP contribution in [0, 0.1) is 13.8 Å². The van der Waals surface area contributed by atoms with E-state index in [4.69, 9.17) is 11.6 Å². The van der Waals surface area contributed by atoms with Crippen LogP contribution in [0.25, 0.3) is 5.69 Å². The molecular weight excluding hydrogens is 312 g/mol. The van der Waals surface area contributed by atoms with E-state index < -0.39 is 0 Å². The van der Waals surface area contributed by atoms with Crippen LogP contribution in [0.1, 0.15) is 21.7 Å². The third-order valence-corrected chi connectivity index (χ3v) is 3.68. The SMILES string of the molecule is Cc1ccc(C)c(NC(=O)c2ncn(-c3ccc(Cl)cc3)n2)c1. The van der Waals surface area contributed by atoms with Gasteiger partial charge in [-0.3, -0.25) is 4.79 Å². The van der Waals surface area contributed by atoms with Gasteiger partial charge in [0.15, 0.2) is 0 Å². The van der Waals surface area contributed by atoms with Gasteiger partial charge in [-0.05, 0) is 55.3 Å². The highest BCUT2D eigenvalue weighted by molar-refractivity contribution is 6.30. The van der Waals surface area contributed by atoms with Gasteiger partial charge in [0.25, 0.3) is 5.91 Å². The van der Waals surface area contributed by atoms with Crippen molar-refractivity contribution in [3.05, 3.63) is 70.8 Å². The van der Waals surface area contributed by atoms with Gasteiger partial charge >= 0.3 is 0 Å². The molecule has 1 N–H and O–H groups in total. The second kappa shape index (κ2) is 6.22. The summed E-state index contributed by atoms with van der Waals surface area (Å²) in [5, 5.41) is 7.69. The maximum Gasteiger partial charge on any atom is 0.295 e. The lowest BCUT2D eigenvalue weighted by atomic mass is 10.1. The molecule has 3 rings (SSSR count). The Hall–Kier alpha value is -2.66. The number of rotatable bonds is 3. The van der Waals surface area contributed by atoms with Crippen LogP contribution in [0.5, 0.6) is 0 Å². The van der Waals surface area contributed by atoms with Crippen LogP contribution < -0.4 is 5.32 Å². The van der Waals surface area contributed by atoms with Crippen LogP contribution in [-0.4, -0.2) is 20.7 Å². The highest BCUT2D eigenvalue weighted by Crippen LogP contribution is 2.17. The molecule has 0 aliphatic rings. The highest BCUT2D eigenvalue weighted by atomic mass is 35.5. The molecule has 2 aromatic carbocycles. The first-order valence-corrected chi connectivity index (χ1v) is 7.47. The van der Waals surface area contributed by atoms with Gasteiger partial charge in [-0.2, -0.15) is 0 Å². The standard InChI is InChI=1S/C17H15ClN4O/c1-11-3-4-12(2)15(9-11)20-17(23)16-19-10-22(21-16)14-7-5-13(18)6-8-14/h3-10H,1-2H3,(H,20,23). The second-order valence-electron chi connectivity index (χ2n) is 5.26. The number of carbonyl (C=O) groups is 1. The minimum absolute atomic E-state index is 0.112. The topological polar surface area (TPSA) is 59.8 Å². The first-order chi connectivity index (χ1) is 11.0. The van der Waals surface area contributed by atoms with E-state index >= 15 is 0 Å². The van der Waals surface area contributed by atoms with Crippen molar-refractivity contribution in [2.24, 2.45) is 0 Å². The van der Waals surface area contributed by atoms with Gasteiger partial charge in [-0.15, -0.1) is 5.10 Å². The Balaban J connectivity index is 1.81. The molecule has 0 bridgehead atoms. The molecule has 1 heterocycles. The van der Waals surface area contributed by atoms with Crippen molar-refractivity contribution in [3.63, 3.8) is 0 Å². The average molecular weight is 327 g/mol. The van der Waals surface area contributed by atoms with Crippen LogP contribution in [0.4, 0.5) is 5.69 Å². The third-order valence-electron chi connectivity index (χ3n) is 3.43. The molecule has 5 nitrogen and oxygen atoms in total. The maximum absolute atomic E-state index is 12.3. The monoisotopic (exact) mass is 326 g/mol. The van der Waals surface area contributed by atoms with E-state index in [0.717, 1.165) is 22.5 Å². The van der Waals surface area contributed by atoms with Gasteiger partial charge in [0.05, 0.1) is 5.69 Å². The fourth-order valence-electron chi connectivity index (χ4n) is 2.13. The number of hydrogen-bond donors (Lipinski definition) is 1. The maximum atomic E-state index is 12.3. The predicted octanol–water partition coefficient (Wildman–Crippen LogP) is 3.79. The fraction of sp³-hybridized carbons (Fsp3) is 0.118. The smallest absolute Gasteiger partial charge is 0.295 e. The number of amides is 1. The van der Waals surface area contributed by atoms with Crippen molar-refractivity contribution in [2.75, 3.05) is 5.32 Å². The predicted molar refractivity (Wildman–Crippen MR) is 90.2 cm³/mol. The molecule has 0 radical (unpaired) electrons. The van der Waals surface area contributed by atoms with Crippen LogP contribution >= 0.6 is 11.6 Å². The van der Waals surface area contributed by atoms with E-state index in [1.807, 2.05) is 44.2 Å². The molecule has 0 saturated heterocycles. The summed E-state index contributed by atoms with van der Waals surface area (Å²) in [4.78, 5) is 16.4. The molecule has 0 aliphatic heterocycles. The Morgan fingerprint density at radius 3 is 2.61 bits per heavy atom. The Morgan fingerprint density at radius 1 is 1.13 bits per heavy atom. The molecule has 1 amide bonds. The van der Waals surface area contributed by atoms with Crippen LogP contribution in [0.2, 0.25) is 5.02 Å². The van der Waals surface area contributed by atoms with Crippen LogP contribution in [0.15, 0.2) is 48.8 Å². The van der Waals surface area contributed by atoms with Crippen LogP contribution in [0.3, 0.4) is 0 Å². The number of nitrogens with one attached hydrogen (secondary N) is 1. The van der Waals surface area contributed by atoms with Crippen molar-refractivity contribution in [3.8, 4) is 5.69 Å². The summed E-state index contributed by atoms with van der Waals surface area (Å²) in [5.41, 5.74) is 3.61. The summed E-state index contributed by atoms with van der Waals surface area (Å²) in [6, 6.07) is 13.0. The van der Waals surface area contributed by atoms with Gasteiger partial charge in [-0.1, -0.05) is 23.7 Å². The number of nitrogens with zero attached hydrogens (tertiary/aromatic N) is 3. The number of benzene rings is 2. The lowest BCUT2D eigenvalue weighted by molar-refractivity contribution is 0.101. The lowest BCUT2D eigenvalue weighted by Gasteiger charge is -2.07. The largest absolute Gasteiger partial charge is 0.319 e. The molecule has 0 saturated carbocycles. The quantitative estimate of drug-likeness (QED) is 0.796. The van der Waals surface area contributed by atoms with E-state index in [1.165, 1.54) is 11.0 Å². The van der Waals surface area contributed by atoms with Crippen molar-refractivity contribution in [1.29, 1.82) is 0 Å². The molecule has 1 aromatic heterocycles. The summed E-state index contributed by atoms with van der Waals surface area (Å²) >= 11 is 5.86. The Bertz CT molecular complexity index is 855. The van der Waals surface area contributed by atoms with Gasteiger partial charge in [-0.25, -0.2) is 9.67 Å². The normalized spacial score (nSPS) is 10.6. The summed E-state index contributed by atoms with van der Waals surface area (Å²) < 4.78 is 1.54. The van der Waals surface area contributed by atoms with E-state index in [-0.39, 0.29) is 11.7 Å². The molecule has 0 aliphatic carbocycles. The number of anilines is 1. The number of carbonyl (C=O) groups excluding carboxylic acids is 1. The molecule has 23 heavy (non-hydrogen) atoms. The van der Waals surface area contributed by atoms with Crippen molar-refractivity contribution in [2.45, 2.75) is 13.8 Å². The van der Waals surface area contributed by atoms with Gasteiger partial charge in [0.1, 0.15) is 6.33 Å². The Kier molecular flexibility index (Phi) is 4.12.